The van der Waals surface area contributed by atoms with Crippen LogP contribution in [0.3, 0.4) is 0 Å². The van der Waals surface area contributed by atoms with Crippen molar-refractivity contribution < 1.29 is 8.76 Å². The van der Waals surface area contributed by atoms with Crippen molar-refractivity contribution in [3.63, 3.8) is 0 Å². The summed E-state index contributed by atoms with van der Waals surface area (Å²) in [4.78, 5) is 0. The van der Waals surface area contributed by atoms with E-state index in [9.17, 15) is 8.76 Å². The molecule has 3 heteroatoms. The van der Waals surface area contributed by atoms with E-state index in [1.807, 2.05) is 66.7 Å². The fraction of sp³-hybridized carbons (Fsp3) is 0.0667. The number of hydrogen-bond donors (Lipinski definition) is 1. The summed E-state index contributed by atoms with van der Waals surface area (Å²) in [5.41, 5.74) is 1.86. The maximum Gasteiger partial charge on any atom is 0.164 e. The molecule has 18 heavy (non-hydrogen) atoms. The SMILES string of the molecule is O=S(O)C(C=Cc1ccccc1)c1ccccc1. The zero-order valence-electron chi connectivity index (χ0n) is 9.77. The van der Waals surface area contributed by atoms with Crippen molar-refractivity contribution in [2.24, 2.45) is 0 Å². The highest BCUT2D eigenvalue weighted by molar-refractivity contribution is 7.79. The Kier molecular flexibility index (Phi) is 4.45. The molecule has 2 rings (SSSR count). The first-order chi connectivity index (χ1) is 8.77. The molecule has 0 aliphatic carbocycles. The smallest absolute Gasteiger partial charge is 0.164 e. The Labute approximate surface area is 109 Å². The molecule has 0 saturated heterocycles. The summed E-state index contributed by atoms with van der Waals surface area (Å²) in [5, 5.41) is -0.494. The fourth-order valence-corrected chi connectivity index (χ4v) is 2.30. The molecule has 0 bridgehead atoms. The second-order valence-electron chi connectivity index (χ2n) is 3.88. The van der Waals surface area contributed by atoms with Gasteiger partial charge in [0.05, 0.1) is 0 Å². The van der Waals surface area contributed by atoms with Gasteiger partial charge in [-0.05, 0) is 11.1 Å². The van der Waals surface area contributed by atoms with Gasteiger partial charge in [0.15, 0.2) is 11.1 Å². The van der Waals surface area contributed by atoms with Gasteiger partial charge < -0.3 is 4.55 Å². The summed E-state index contributed by atoms with van der Waals surface area (Å²) in [6.07, 6.45) is 3.63. The van der Waals surface area contributed by atoms with Crippen molar-refractivity contribution in [2.45, 2.75) is 5.25 Å². The van der Waals surface area contributed by atoms with Crippen LogP contribution in [0.15, 0.2) is 66.7 Å². The van der Waals surface area contributed by atoms with Gasteiger partial charge in [-0.3, -0.25) is 0 Å². The van der Waals surface area contributed by atoms with Gasteiger partial charge in [0.25, 0.3) is 0 Å². The first kappa shape index (κ1) is 12.7. The van der Waals surface area contributed by atoms with Crippen molar-refractivity contribution >= 4 is 17.2 Å². The van der Waals surface area contributed by atoms with Crippen LogP contribution in [0.25, 0.3) is 6.08 Å². The van der Waals surface area contributed by atoms with E-state index in [-0.39, 0.29) is 0 Å². The lowest BCUT2D eigenvalue weighted by Crippen LogP contribution is -2.02. The van der Waals surface area contributed by atoms with Crippen molar-refractivity contribution in [3.8, 4) is 0 Å². The van der Waals surface area contributed by atoms with Gasteiger partial charge in [0, 0.05) is 0 Å². The van der Waals surface area contributed by atoms with E-state index in [0.717, 1.165) is 11.1 Å². The number of rotatable bonds is 4. The third-order valence-electron chi connectivity index (χ3n) is 2.61. The maximum atomic E-state index is 11.4. The lowest BCUT2D eigenvalue weighted by atomic mass is 10.1. The standard InChI is InChI=1S/C15H14O2S/c16-18(17)15(14-9-5-2-6-10-14)12-11-13-7-3-1-4-8-13/h1-12,15H,(H,16,17). The van der Waals surface area contributed by atoms with Crippen LogP contribution in [0.4, 0.5) is 0 Å². The van der Waals surface area contributed by atoms with E-state index in [1.165, 1.54) is 0 Å². The Morgan fingerprint density at radius 1 is 0.944 bits per heavy atom. The minimum atomic E-state index is -1.91. The average Bonchev–Trinajstić information content (AvgIpc) is 2.41. The third kappa shape index (κ3) is 3.39. The number of hydrogen-bond acceptors (Lipinski definition) is 1. The molecule has 92 valence electrons. The van der Waals surface area contributed by atoms with Gasteiger partial charge in [0.2, 0.25) is 0 Å². The highest BCUT2D eigenvalue weighted by Crippen LogP contribution is 2.21. The molecule has 0 aliphatic heterocycles. The average molecular weight is 258 g/mol. The Balaban J connectivity index is 2.23. The Hall–Kier alpha value is -1.71. The third-order valence-corrected chi connectivity index (χ3v) is 3.47. The molecule has 0 aromatic heterocycles. The summed E-state index contributed by atoms with van der Waals surface area (Å²) in [6.45, 7) is 0. The monoisotopic (exact) mass is 258 g/mol. The molecule has 0 aliphatic rings. The molecule has 0 fully saturated rings. The molecule has 2 aromatic rings. The lowest BCUT2D eigenvalue weighted by molar-refractivity contribution is 0.558. The van der Waals surface area contributed by atoms with Crippen LogP contribution < -0.4 is 0 Å². The minimum Gasteiger partial charge on any atom is -0.305 e. The van der Waals surface area contributed by atoms with Crippen LogP contribution in [0.1, 0.15) is 16.4 Å². The van der Waals surface area contributed by atoms with Crippen LogP contribution in [0.2, 0.25) is 0 Å². The second kappa shape index (κ2) is 6.28. The van der Waals surface area contributed by atoms with Crippen LogP contribution >= 0.6 is 0 Å². The van der Waals surface area contributed by atoms with Gasteiger partial charge in [-0.1, -0.05) is 72.8 Å². The molecule has 2 nitrogen and oxygen atoms in total. The summed E-state index contributed by atoms with van der Waals surface area (Å²) in [5.74, 6) is 0. The number of benzene rings is 2. The van der Waals surface area contributed by atoms with E-state index >= 15 is 0 Å². The molecule has 2 unspecified atom stereocenters. The quantitative estimate of drug-likeness (QED) is 0.850. The van der Waals surface area contributed by atoms with Crippen LogP contribution in [0.5, 0.6) is 0 Å². The van der Waals surface area contributed by atoms with E-state index in [0.29, 0.717) is 0 Å². The molecule has 0 saturated carbocycles. The summed E-state index contributed by atoms with van der Waals surface area (Å²) < 4.78 is 20.7. The second-order valence-corrected chi connectivity index (χ2v) is 4.94. The zero-order valence-corrected chi connectivity index (χ0v) is 10.6. The summed E-state index contributed by atoms with van der Waals surface area (Å²) in [7, 11) is 0. The van der Waals surface area contributed by atoms with Crippen molar-refractivity contribution in [1.29, 1.82) is 0 Å². The maximum absolute atomic E-state index is 11.4. The highest BCUT2D eigenvalue weighted by Gasteiger charge is 2.13. The van der Waals surface area contributed by atoms with Gasteiger partial charge in [-0.25, -0.2) is 4.21 Å². The van der Waals surface area contributed by atoms with Gasteiger partial charge in [0.1, 0.15) is 5.25 Å². The van der Waals surface area contributed by atoms with E-state index in [1.54, 1.807) is 6.08 Å². The Bertz CT molecular complexity index is 535. The van der Waals surface area contributed by atoms with Crippen molar-refractivity contribution in [3.05, 3.63) is 77.9 Å². The van der Waals surface area contributed by atoms with E-state index in [2.05, 4.69) is 0 Å². The van der Waals surface area contributed by atoms with Gasteiger partial charge in [-0.2, -0.15) is 0 Å². The molecule has 0 radical (unpaired) electrons. The van der Waals surface area contributed by atoms with Gasteiger partial charge in [-0.15, -0.1) is 0 Å². The zero-order chi connectivity index (χ0) is 12.8. The first-order valence-electron chi connectivity index (χ1n) is 5.65. The van der Waals surface area contributed by atoms with Crippen LogP contribution in [-0.4, -0.2) is 8.76 Å². The fourth-order valence-electron chi connectivity index (χ4n) is 1.70. The Morgan fingerprint density at radius 3 is 2.06 bits per heavy atom. The Morgan fingerprint density at radius 2 is 1.50 bits per heavy atom. The summed E-state index contributed by atoms with van der Waals surface area (Å²) >= 11 is -1.91. The molecule has 0 heterocycles. The van der Waals surface area contributed by atoms with Crippen molar-refractivity contribution in [2.75, 3.05) is 0 Å². The van der Waals surface area contributed by atoms with Crippen LogP contribution in [0, 0.1) is 0 Å². The molecular formula is C15H14O2S. The molecular weight excluding hydrogens is 244 g/mol. The largest absolute Gasteiger partial charge is 0.305 e. The van der Waals surface area contributed by atoms with Crippen molar-refractivity contribution in [1.82, 2.24) is 0 Å². The summed E-state index contributed by atoms with van der Waals surface area (Å²) in [6, 6.07) is 19.1. The normalized spacial score (nSPS) is 14.5. The predicted molar refractivity (Wildman–Crippen MR) is 75.4 cm³/mol. The van der Waals surface area contributed by atoms with E-state index in [4.69, 9.17) is 0 Å². The van der Waals surface area contributed by atoms with Gasteiger partial charge >= 0.3 is 0 Å². The lowest BCUT2D eigenvalue weighted by Gasteiger charge is -2.08. The molecule has 2 atom stereocenters. The minimum absolute atomic E-state index is 0.494. The molecule has 2 aromatic carbocycles. The molecule has 0 amide bonds. The topological polar surface area (TPSA) is 37.3 Å². The van der Waals surface area contributed by atoms with Crippen LogP contribution in [-0.2, 0) is 11.1 Å². The molecule has 0 spiro atoms. The predicted octanol–water partition coefficient (Wildman–Crippen LogP) is 3.66. The first-order valence-corrected chi connectivity index (χ1v) is 6.82. The highest BCUT2D eigenvalue weighted by atomic mass is 32.2. The molecule has 1 N–H and O–H groups in total. The van der Waals surface area contributed by atoms with E-state index < -0.39 is 16.3 Å².